The van der Waals surface area contributed by atoms with Gasteiger partial charge in [0.2, 0.25) is 0 Å². The summed E-state index contributed by atoms with van der Waals surface area (Å²) in [5, 5.41) is 0. The first-order valence-corrected chi connectivity index (χ1v) is 25.4. The number of carbonyl (C=O) groups is 2. The summed E-state index contributed by atoms with van der Waals surface area (Å²) in [6, 6.07) is 0. The molecule has 9 nitrogen and oxygen atoms in total. The predicted octanol–water partition coefficient (Wildman–Crippen LogP) is 13.9. The van der Waals surface area contributed by atoms with Crippen LogP contribution in [0.1, 0.15) is 200 Å². The van der Waals surface area contributed by atoms with Gasteiger partial charge in [-0.3, -0.25) is 18.6 Å². The maximum absolute atomic E-state index is 12.7. The number of hydrogen-bond acceptors (Lipinski definition) is 7. The highest BCUT2D eigenvalue weighted by Gasteiger charge is 2.27. The van der Waals surface area contributed by atoms with Crippen molar-refractivity contribution >= 4 is 19.8 Å². The summed E-state index contributed by atoms with van der Waals surface area (Å²) >= 11 is 0. The molecular weight excluding hydrogens is 762 g/mol. The Labute approximate surface area is 363 Å². The van der Waals surface area contributed by atoms with Crippen LogP contribution in [0.25, 0.3) is 0 Å². The lowest BCUT2D eigenvalue weighted by atomic mass is 10.0. The van der Waals surface area contributed by atoms with Gasteiger partial charge in [0.05, 0.1) is 27.7 Å². The number of quaternary nitrogens is 1. The highest BCUT2D eigenvalue weighted by Crippen LogP contribution is 2.43. The number of esters is 2. The van der Waals surface area contributed by atoms with E-state index in [-0.39, 0.29) is 32.0 Å². The molecule has 0 aromatic heterocycles. The molecule has 0 amide bonds. The van der Waals surface area contributed by atoms with Crippen molar-refractivity contribution in [3.63, 3.8) is 0 Å². The average Bonchev–Trinajstić information content (AvgIpc) is 3.19. The van der Waals surface area contributed by atoms with E-state index in [9.17, 15) is 19.0 Å². The lowest BCUT2D eigenvalue weighted by Gasteiger charge is -2.24. The Morgan fingerprint density at radius 1 is 0.542 bits per heavy atom. The Balaban J connectivity index is 4.33. The minimum atomic E-state index is -4.38. The van der Waals surface area contributed by atoms with Gasteiger partial charge in [-0.05, 0) is 51.4 Å². The normalized spacial score (nSPS) is 13.9. The SMILES string of the molecule is CC/C=C\C/C=C\C/C=C\C/C=C\CCCCCCC(=O)OC(COC(=O)CCCCCCCCCCCCCCCCCCCC)COP(=O)(O)OCC[N+](C)(C)C. The van der Waals surface area contributed by atoms with Crippen LogP contribution in [-0.4, -0.2) is 74.9 Å². The van der Waals surface area contributed by atoms with Crippen molar-refractivity contribution in [2.75, 3.05) is 47.5 Å². The molecule has 0 radical (unpaired) electrons. The van der Waals surface area contributed by atoms with Crippen molar-refractivity contribution in [1.82, 2.24) is 0 Å². The molecule has 0 saturated heterocycles. The van der Waals surface area contributed by atoms with Gasteiger partial charge in [0, 0.05) is 12.8 Å². The lowest BCUT2D eigenvalue weighted by Crippen LogP contribution is -2.37. The van der Waals surface area contributed by atoms with Crippen LogP contribution in [0.2, 0.25) is 0 Å². The molecule has 0 saturated carbocycles. The van der Waals surface area contributed by atoms with Gasteiger partial charge in [-0.15, -0.1) is 0 Å². The Morgan fingerprint density at radius 2 is 0.966 bits per heavy atom. The van der Waals surface area contributed by atoms with E-state index in [0.717, 1.165) is 70.6 Å². The first kappa shape index (κ1) is 57.0. The average molecular weight is 853 g/mol. The standard InChI is InChI=1S/C49H90NO8P/c1-6-8-10-12-14-16-18-20-22-24-26-27-29-31-33-35-37-39-41-48(51)55-45-47(46-57-59(53,54)56-44-43-50(3,4)5)58-49(52)42-40-38-36-34-32-30-28-25-23-21-19-17-15-13-11-9-7-2/h9,11,15,17,21,23,28,30,47H,6-8,10,12-14,16,18-20,22,24-27,29,31-46H2,1-5H3/p+1/b11-9-,17-15-,23-21-,30-28-. The highest BCUT2D eigenvalue weighted by molar-refractivity contribution is 7.47. The van der Waals surface area contributed by atoms with E-state index in [1.165, 1.54) is 96.3 Å². The smallest absolute Gasteiger partial charge is 0.462 e. The summed E-state index contributed by atoms with van der Waals surface area (Å²) in [5.41, 5.74) is 0. The van der Waals surface area contributed by atoms with E-state index in [4.69, 9.17) is 18.5 Å². The van der Waals surface area contributed by atoms with Crippen molar-refractivity contribution < 1.29 is 42.1 Å². The minimum Gasteiger partial charge on any atom is -0.462 e. The number of allylic oxidation sites excluding steroid dienone is 8. The minimum absolute atomic E-state index is 0.0262. The first-order valence-electron chi connectivity index (χ1n) is 23.9. The largest absolute Gasteiger partial charge is 0.472 e. The Hall–Kier alpha value is -2.03. The summed E-state index contributed by atoms with van der Waals surface area (Å²) < 4.78 is 34.4. The molecule has 0 aromatic rings. The van der Waals surface area contributed by atoms with E-state index < -0.39 is 26.5 Å². The molecule has 0 fully saturated rings. The zero-order chi connectivity index (χ0) is 43.6. The van der Waals surface area contributed by atoms with Crippen LogP contribution < -0.4 is 0 Å². The van der Waals surface area contributed by atoms with Crippen molar-refractivity contribution in [3.05, 3.63) is 48.6 Å². The molecule has 10 heteroatoms. The van der Waals surface area contributed by atoms with Crippen molar-refractivity contribution in [2.24, 2.45) is 0 Å². The third-order valence-electron chi connectivity index (χ3n) is 10.1. The molecule has 2 unspecified atom stereocenters. The first-order chi connectivity index (χ1) is 28.5. The second kappa shape index (κ2) is 41.3. The zero-order valence-corrected chi connectivity index (χ0v) is 39.6. The van der Waals surface area contributed by atoms with E-state index in [1.807, 2.05) is 21.1 Å². The number of phosphoric acid groups is 1. The highest BCUT2D eigenvalue weighted by atomic mass is 31.2. The third kappa shape index (κ3) is 45.3. The summed E-state index contributed by atoms with van der Waals surface area (Å²) in [7, 11) is 1.46. The molecule has 0 aliphatic rings. The number of ether oxygens (including phenoxy) is 2. The monoisotopic (exact) mass is 853 g/mol. The molecule has 0 spiro atoms. The number of phosphoric ester groups is 1. The van der Waals surface area contributed by atoms with Gasteiger partial charge in [-0.1, -0.05) is 184 Å². The molecule has 0 heterocycles. The molecular formula is C49H91NO8P+. The Kier molecular flexibility index (Phi) is 39.9. The zero-order valence-electron chi connectivity index (χ0n) is 38.7. The predicted molar refractivity (Wildman–Crippen MR) is 247 cm³/mol. The van der Waals surface area contributed by atoms with Gasteiger partial charge < -0.3 is 18.9 Å². The van der Waals surface area contributed by atoms with Gasteiger partial charge in [0.25, 0.3) is 0 Å². The fourth-order valence-electron chi connectivity index (χ4n) is 6.42. The summed E-state index contributed by atoms with van der Waals surface area (Å²) in [6.45, 7) is 4.30. The number of carbonyl (C=O) groups excluding carboxylic acids is 2. The Morgan fingerprint density at radius 3 is 1.44 bits per heavy atom. The summed E-state index contributed by atoms with van der Waals surface area (Å²) in [6.07, 6.45) is 48.7. The third-order valence-corrected chi connectivity index (χ3v) is 11.1. The van der Waals surface area contributed by atoms with E-state index in [0.29, 0.717) is 17.4 Å². The second-order valence-electron chi connectivity index (χ2n) is 17.1. The summed E-state index contributed by atoms with van der Waals surface area (Å²) in [5.74, 6) is -0.821. The lowest BCUT2D eigenvalue weighted by molar-refractivity contribution is -0.870. The molecule has 59 heavy (non-hydrogen) atoms. The Bertz CT molecular complexity index is 1150. The van der Waals surface area contributed by atoms with E-state index in [2.05, 4.69) is 62.5 Å². The van der Waals surface area contributed by atoms with E-state index in [1.54, 1.807) is 0 Å². The van der Waals surface area contributed by atoms with Gasteiger partial charge in [-0.25, -0.2) is 4.57 Å². The van der Waals surface area contributed by atoms with Crippen LogP contribution in [0.15, 0.2) is 48.6 Å². The molecule has 1 N–H and O–H groups in total. The molecule has 344 valence electrons. The molecule has 0 aliphatic carbocycles. The number of hydrogen-bond donors (Lipinski definition) is 1. The van der Waals surface area contributed by atoms with Crippen LogP contribution in [0.4, 0.5) is 0 Å². The van der Waals surface area contributed by atoms with Gasteiger partial charge in [-0.2, -0.15) is 0 Å². The van der Waals surface area contributed by atoms with Crippen molar-refractivity contribution in [3.8, 4) is 0 Å². The van der Waals surface area contributed by atoms with Gasteiger partial charge in [0.15, 0.2) is 6.10 Å². The van der Waals surface area contributed by atoms with Crippen LogP contribution in [-0.2, 0) is 32.7 Å². The van der Waals surface area contributed by atoms with Crippen LogP contribution in [0, 0.1) is 0 Å². The second-order valence-corrected chi connectivity index (χ2v) is 18.6. The molecule has 0 bridgehead atoms. The fourth-order valence-corrected chi connectivity index (χ4v) is 7.16. The van der Waals surface area contributed by atoms with E-state index >= 15 is 0 Å². The quantitative estimate of drug-likeness (QED) is 0.0212. The number of likely N-dealkylation sites (N-methyl/N-ethyl adjacent to an activating group) is 1. The molecule has 2 atom stereocenters. The topological polar surface area (TPSA) is 108 Å². The number of rotatable bonds is 43. The molecule has 0 aromatic carbocycles. The maximum atomic E-state index is 12.7. The van der Waals surface area contributed by atoms with Crippen LogP contribution >= 0.6 is 7.82 Å². The fraction of sp³-hybridized carbons (Fsp3) is 0.796. The molecule has 0 rings (SSSR count). The maximum Gasteiger partial charge on any atom is 0.472 e. The summed E-state index contributed by atoms with van der Waals surface area (Å²) in [4.78, 5) is 35.5. The van der Waals surface area contributed by atoms with Crippen LogP contribution in [0.3, 0.4) is 0 Å². The van der Waals surface area contributed by atoms with Crippen molar-refractivity contribution in [1.29, 1.82) is 0 Å². The molecule has 0 aliphatic heterocycles. The van der Waals surface area contributed by atoms with Crippen molar-refractivity contribution in [2.45, 2.75) is 206 Å². The number of unbranched alkanes of at least 4 members (excludes halogenated alkanes) is 21. The number of nitrogens with zero attached hydrogens (tertiary/aromatic N) is 1. The van der Waals surface area contributed by atoms with Gasteiger partial charge >= 0.3 is 19.8 Å². The van der Waals surface area contributed by atoms with Gasteiger partial charge in [0.1, 0.15) is 19.8 Å². The van der Waals surface area contributed by atoms with Crippen LogP contribution in [0.5, 0.6) is 0 Å².